The molecule has 0 saturated heterocycles. The highest BCUT2D eigenvalue weighted by Crippen LogP contribution is 2.65. The molecule has 2 N–H and O–H groups in total. The Morgan fingerprint density at radius 1 is 0.889 bits per heavy atom. The number of carboxylic acids is 1. The van der Waals surface area contributed by atoms with Gasteiger partial charge in [-0.1, -0.05) is 91.9 Å². The summed E-state index contributed by atoms with van der Waals surface area (Å²) in [6.45, 7) is 9.14. The molecule has 2 aliphatic rings. The summed E-state index contributed by atoms with van der Waals surface area (Å²) < 4.78 is 0. The molecule has 0 aromatic rings. The minimum absolute atomic E-state index is 0.0313. The van der Waals surface area contributed by atoms with E-state index in [2.05, 4.69) is 27.7 Å². The van der Waals surface area contributed by atoms with Crippen LogP contribution in [0.5, 0.6) is 0 Å². The van der Waals surface area contributed by atoms with Crippen LogP contribution in [-0.4, -0.2) is 22.3 Å². The van der Waals surface area contributed by atoms with Crippen molar-refractivity contribution in [3.8, 4) is 0 Å². The first-order valence-corrected chi connectivity index (χ1v) is 11.7. The van der Waals surface area contributed by atoms with Gasteiger partial charge in [0.05, 0.1) is 6.10 Å². The van der Waals surface area contributed by atoms with Crippen molar-refractivity contribution >= 4 is 5.97 Å². The van der Waals surface area contributed by atoms with Crippen molar-refractivity contribution in [1.82, 2.24) is 0 Å². The minimum atomic E-state index is -0.657. The number of carbonyl (C=O) groups is 1. The molecule has 0 heterocycles. The van der Waals surface area contributed by atoms with Gasteiger partial charge < -0.3 is 10.2 Å². The molecule has 0 radical (unpaired) electrons. The van der Waals surface area contributed by atoms with E-state index in [-0.39, 0.29) is 11.5 Å². The van der Waals surface area contributed by atoms with Gasteiger partial charge in [0.2, 0.25) is 0 Å². The van der Waals surface area contributed by atoms with Gasteiger partial charge in [0.25, 0.3) is 0 Å². The second-order valence-electron chi connectivity index (χ2n) is 9.81. The third-order valence-electron chi connectivity index (χ3n) is 7.74. The summed E-state index contributed by atoms with van der Waals surface area (Å²) in [6.07, 6.45) is 17.9. The van der Waals surface area contributed by atoms with Crippen molar-refractivity contribution in [2.24, 2.45) is 16.7 Å². The number of hydrogen-bond acceptors (Lipinski definition) is 2. The molecular formula is C24H46O3. The lowest BCUT2D eigenvalue weighted by Gasteiger charge is -2.36. The maximum absolute atomic E-state index is 10.3. The van der Waals surface area contributed by atoms with Gasteiger partial charge in [-0.15, -0.1) is 0 Å². The average Bonchev–Trinajstić information content (AvgIpc) is 2.93. The molecule has 160 valence electrons. The van der Waals surface area contributed by atoms with E-state index < -0.39 is 5.97 Å². The van der Waals surface area contributed by atoms with E-state index in [0.717, 1.165) is 25.2 Å². The quantitative estimate of drug-likeness (QED) is 0.358. The van der Waals surface area contributed by atoms with Crippen molar-refractivity contribution in [3.05, 3.63) is 0 Å². The Kier molecular flexibility index (Phi) is 11.0. The fourth-order valence-electron chi connectivity index (χ4n) is 5.10. The SMILES string of the molecule is CC1(C)[C@@H]2CC[C@]1(C)[C@@H](O)C2.CCCCCCCCCCCCCC(=O)O. The highest BCUT2D eigenvalue weighted by molar-refractivity contribution is 5.66. The maximum Gasteiger partial charge on any atom is 0.303 e. The molecule has 0 aromatic heterocycles. The van der Waals surface area contributed by atoms with Gasteiger partial charge in [0.15, 0.2) is 0 Å². The topological polar surface area (TPSA) is 57.5 Å². The summed E-state index contributed by atoms with van der Waals surface area (Å²) in [4.78, 5) is 10.3. The largest absolute Gasteiger partial charge is 0.481 e. The standard InChI is InChI=1S/C14H28O2.C10H18O/c1-2-3-4-5-6-7-8-9-10-11-12-13-14(15)16;1-9(2)7-4-5-10(9,3)8(11)6-7/h2-13H2,1H3,(H,15,16);7-8,11H,4-6H2,1-3H3/t;7-,8+,10-/m.1/s1. The monoisotopic (exact) mass is 382 g/mol. The zero-order valence-electron chi connectivity index (χ0n) is 18.6. The van der Waals surface area contributed by atoms with Crippen LogP contribution in [-0.2, 0) is 4.79 Å². The Labute approximate surface area is 168 Å². The van der Waals surface area contributed by atoms with Crippen LogP contribution >= 0.6 is 0 Å². The Hall–Kier alpha value is -0.570. The number of aliphatic hydroxyl groups is 1. The number of carboxylic acid groups (broad SMARTS) is 1. The molecule has 2 bridgehead atoms. The van der Waals surface area contributed by atoms with E-state index in [4.69, 9.17) is 5.11 Å². The van der Waals surface area contributed by atoms with Crippen molar-refractivity contribution in [2.45, 2.75) is 130 Å². The molecule has 0 aromatic carbocycles. The van der Waals surface area contributed by atoms with Crippen LogP contribution in [0.2, 0.25) is 0 Å². The van der Waals surface area contributed by atoms with E-state index in [1.807, 2.05) is 0 Å². The molecule has 0 spiro atoms. The summed E-state index contributed by atoms with van der Waals surface area (Å²) in [7, 11) is 0. The predicted molar refractivity (Wildman–Crippen MR) is 114 cm³/mol. The van der Waals surface area contributed by atoms with Crippen molar-refractivity contribution in [2.75, 3.05) is 0 Å². The maximum atomic E-state index is 10.3. The molecule has 3 atom stereocenters. The molecule has 0 unspecified atom stereocenters. The van der Waals surface area contributed by atoms with Crippen LogP contribution in [0.3, 0.4) is 0 Å². The Morgan fingerprint density at radius 2 is 1.37 bits per heavy atom. The van der Waals surface area contributed by atoms with E-state index >= 15 is 0 Å². The second-order valence-corrected chi connectivity index (χ2v) is 9.81. The molecule has 0 aliphatic heterocycles. The van der Waals surface area contributed by atoms with Crippen LogP contribution in [0.1, 0.15) is 124 Å². The zero-order valence-corrected chi connectivity index (χ0v) is 18.6. The van der Waals surface area contributed by atoms with Gasteiger partial charge in [-0.25, -0.2) is 0 Å². The Bertz CT molecular complexity index is 418. The van der Waals surface area contributed by atoms with Gasteiger partial charge in [0, 0.05) is 6.42 Å². The van der Waals surface area contributed by atoms with Gasteiger partial charge in [-0.05, 0) is 42.4 Å². The molecule has 2 aliphatic carbocycles. The lowest BCUT2D eigenvalue weighted by atomic mass is 9.70. The van der Waals surface area contributed by atoms with Crippen LogP contribution in [0.25, 0.3) is 0 Å². The lowest BCUT2D eigenvalue weighted by molar-refractivity contribution is -0.137. The molecule has 27 heavy (non-hydrogen) atoms. The number of hydrogen-bond donors (Lipinski definition) is 2. The first kappa shape index (κ1) is 24.5. The molecule has 2 rings (SSSR count). The van der Waals surface area contributed by atoms with Crippen LogP contribution in [0, 0.1) is 16.7 Å². The minimum Gasteiger partial charge on any atom is -0.481 e. The zero-order chi connectivity index (χ0) is 20.3. The van der Waals surface area contributed by atoms with Crippen LogP contribution in [0.15, 0.2) is 0 Å². The highest BCUT2D eigenvalue weighted by Gasteiger charge is 2.60. The number of unbranched alkanes of at least 4 members (excludes halogenated alkanes) is 10. The summed E-state index contributed by atoms with van der Waals surface area (Å²) in [6, 6.07) is 0. The van der Waals surface area contributed by atoms with Crippen LogP contribution in [0.4, 0.5) is 0 Å². The van der Waals surface area contributed by atoms with Crippen molar-refractivity contribution in [1.29, 1.82) is 0 Å². The lowest BCUT2D eigenvalue weighted by Crippen LogP contribution is -2.35. The van der Waals surface area contributed by atoms with E-state index in [9.17, 15) is 9.90 Å². The number of aliphatic carboxylic acids is 1. The van der Waals surface area contributed by atoms with Gasteiger partial charge >= 0.3 is 5.97 Å². The van der Waals surface area contributed by atoms with Gasteiger partial charge in [-0.2, -0.15) is 0 Å². The first-order valence-electron chi connectivity index (χ1n) is 11.7. The van der Waals surface area contributed by atoms with E-state index in [0.29, 0.717) is 11.8 Å². The van der Waals surface area contributed by atoms with Crippen molar-refractivity contribution < 1.29 is 15.0 Å². The molecular weight excluding hydrogens is 336 g/mol. The molecule has 2 saturated carbocycles. The number of rotatable bonds is 12. The van der Waals surface area contributed by atoms with Crippen molar-refractivity contribution in [3.63, 3.8) is 0 Å². The van der Waals surface area contributed by atoms with Crippen LogP contribution < -0.4 is 0 Å². The summed E-state index contributed by atoms with van der Waals surface area (Å²) in [5.74, 6) is 0.124. The van der Waals surface area contributed by atoms with Gasteiger partial charge in [0.1, 0.15) is 0 Å². The summed E-state index contributed by atoms with van der Waals surface area (Å²) >= 11 is 0. The highest BCUT2D eigenvalue weighted by atomic mass is 16.4. The van der Waals surface area contributed by atoms with Gasteiger partial charge in [-0.3, -0.25) is 4.79 Å². The van der Waals surface area contributed by atoms with E-state index in [1.54, 1.807) is 0 Å². The molecule has 3 heteroatoms. The molecule has 2 fully saturated rings. The predicted octanol–water partition coefficient (Wildman–Crippen LogP) is 6.97. The average molecular weight is 383 g/mol. The summed E-state index contributed by atoms with van der Waals surface area (Å²) in [5, 5.41) is 18.3. The third kappa shape index (κ3) is 7.40. The number of fused-ring (bicyclic) bond motifs is 2. The Morgan fingerprint density at radius 3 is 1.67 bits per heavy atom. The fraction of sp³-hybridized carbons (Fsp3) is 0.958. The summed E-state index contributed by atoms with van der Waals surface area (Å²) in [5.41, 5.74) is 0.601. The number of aliphatic hydroxyl groups excluding tert-OH is 1. The first-order chi connectivity index (χ1) is 12.8. The molecule has 3 nitrogen and oxygen atoms in total. The third-order valence-corrected chi connectivity index (χ3v) is 7.74. The normalized spacial score (nSPS) is 28.0. The smallest absolute Gasteiger partial charge is 0.303 e. The Balaban J connectivity index is 0.000000285. The fourth-order valence-corrected chi connectivity index (χ4v) is 5.10. The second kappa shape index (κ2) is 12.1. The van der Waals surface area contributed by atoms with E-state index in [1.165, 1.54) is 70.6 Å². The molecule has 0 amide bonds.